The van der Waals surface area contributed by atoms with E-state index in [1.807, 2.05) is 0 Å². The van der Waals surface area contributed by atoms with Crippen LogP contribution in [0.3, 0.4) is 0 Å². The van der Waals surface area contributed by atoms with E-state index in [1.54, 1.807) is 11.3 Å². The van der Waals surface area contributed by atoms with Gasteiger partial charge >= 0.3 is 0 Å². The highest BCUT2D eigenvalue weighted by atomic mass is 32.1. The fourth-order valence-corrected chi connectivity index (χ4v) is 2.35. The van der Waals surface area contributed by atoms with Crippen LogP contribution < -0.4 is 5.32 Å². The monoisotopic (exact) mass is 227 g/mol. The third-order valence-corrected chi connectivity index (χ3v) is 3.63. The molecule has 0 aliphatic heterocycles. The molecule has 1 atom stereocenters. The molecule has 86 valence electrons. The number of hydrogen-bond acceptors (Lipinski definition) is 4. The molecule has 1 aromatic rings. The van der Waals surface area contributed by atoms with E-state index in [2.05, 4.69) is 43.2 Å². The average molecular weight is 227 g/mol. The lowest BCUT2D eigenvalue weighted by atomic mass is 10.2. The first-order valence-electron chi connectivity index (χ1n) is 5.75. The molecule has 1 unspecified atom stereocenters. The molecule has 0 spiro atoms. The van der Waals surface area contributed by atoms with Crippen LogP contribution in [0, 0.1) is 0 Å². The van der Waals surface area contributed by atoms with Gasteiger partial charge in [-0.15, -0.1) is 10.2 Å². The smallest absolute Gasteiger partial charge is 0.134 e. The minimum absolute atomic E-state index is 0.384. The van der Waals surface area contributed by atoms with Crippen molar-refractivity contribution in [2.24, 2.45) is 0 Å². The predicted molar refractivity (Wildman–Crippen MR) is 65.3 cm³/mol. The molecule has 0 amide bonds. The van der Waals surface area contributed by atoms with E-state index in [0.29, 0.717) is 12.0 Å². The summed E-state index contributed by atoms with van der Waals surface area (Å²) < 4.78 is 0. The first kappa shape index (κ1) is 12.6. The fourth-order valence-electron chi connectivity index (χ4n) is 1.35. The summed E-state index contributed by atoms with van der Waals surface area (Å²) in [6.07, 6.45) is 2.24. The van der Waals surface area contributed by atoms with Crippen LogP contribution in [-0.2, 0) is 0 Å². The summed E-state index contributed by atoms with van der Waals surface area (Å²) in [5.41, 5.74) is 0. The van der Waals surface area contributed by atoms with Gasteiger partial charge in [-0.25, -0.2) is 0 Å². The van der Waals surface area contributed by atoms with Crippen molar-refractivity contribution in [1.29, 1.82) is 0 Å². The second-order valence-electron chi connectivity index (χ2n) is 4.05. The van der Waals surface area contributed by atoms with Crippen LogP contribution in [0.5, 0.6) is 0 Å². The van der Waals surface area contributed by atoms with Gasteiger partial charge in [-0.2, -0.15) is 0 Å². The Labute approximate surface area is 96.3 Å². The van der Waals surface area contributed by atoms with Crippen LogP contribution in [0.25, 0.3) is 0 Å². The average Bonchev–Trinajstić information content (AvgIpc) is 2.68. The van der Waals surface area contributed by atoms with Gasteiger partial charge in [0.2, 0.25) is 0 Å². The van der Waals surface area contributed by atoms with E-state index in [0.717, 1.165) is 29.4 Å². The van der Waals surface area contributed by atoms with Gasteiger partial charge in [0.25, 0.3) is 0 Å². The van der Waals surface area contributed by atoms with Crippen molar-refractivity contribution in [3.8, 4) is 0 Å². The van der Waals surface area contributed by atoms with Crippen molar-refractivity contribution in [1.82, 2.24) is 15.5 Å². The Balaban J connectivity index is 2.65. The topological polar surface area (TPSA) is 37.8 Å². The Morgan fingerprint density at radius 1 is 1.20 bits per heavy atom. The van der Waals surface area contributed by atoms with Crippen molar-refractivity contribution in [2.45, 2.75) is 52.5 Å². The number of nitrogens with one attached hydrogen (secondary N) is 1. The lowest BCUT2D eigenvalue weighted by Gasteiger charge is -2.12. The molecule has 4 heteroatoms. The SMILES string of the molecule is CCCNC(CC)c1nnc(C(C)C)s1. The van der Waals surface area contributed by atoms with Crippen molar-refractivity contribution in [3.05, 3.63) is 10.0 Å². The molecular weight excluding hydrogens is 206 g/mol. The van der Waals surface area contributed by atoms with E-state index in [4.69, 9.17) is 0 Å². The summed E-state index contributed by atoms with van der Waals surface area (Å²) in [6.45, 7) is 9.73. The lowest BCUT2D eigenvalue weighted by Crippen LogP contribution is -2.21. The van der Waals surface area contributed by atoms with Gasteiger partial charge in [0.1, 0.15) is 10.0 Å². The third kappa shape index (κ3) is 3.54. The van der Waals surface area contributed by atoms with Crippen LogP contribution in [0.2, 0.25) is 0 Å². The van der Waals surface area contributed by atoms with Gasteiger partial charge < -0.3 is 5.32 Å². The Hall–Kier alpha value is -0.480. The van der Waals surface area contributed by atoms with E-state index < -0.39 is 0 Å². The zero-order valence-electron chi connectivity index (χ0n) is 10.1. The zero-order chi connectivity index (χ0) is 11.3. The number of aromatic nitrogens is 2. The summed E-state index contributed by atoms with van der Waals surface area (Å²) in [4.78, 5) is 0. The Morgan fingerprint density at radius 2 is 1.87 bits per heavy atom. The van der Waals surface area contributed by atoms with Crippen LogP contribution in [0.1, 0.15) is 62.5 Å². The Bertz CT molecular complexity index is 283. The molecule has 0 fully saturated rings. The third-order valence-electron chi connectivity index (χ3n) is 2.30. The maximum absolute atomic E-state index is 4.27. The highest BCUT2D eigenvalue weighted by Crippen LogP contribution is 2.25. The summed E-state index contributed by atoms with van der Waals surface area (Å²) in [5.74, 6) is 0.486. The minimum atomic E-state index is 0.384. The van der Waals surface area contributed by atoms with Crippen molar-refractivity contribution < 1.29 is 0 Å². The number of hydrogen-bond donors (Lipinski definition) is 1. The van der Waals surface area contributed by atoms with Crippen LogP contribution in [0.15, 0.2) is 0 Å². The molecule has 0 saturated carbocycles. The van der Waals surface area contributed by atoms with Crippen molar-refractivity contribution in [2.75, 3.05) is 6.54 Å². The maximum atomic E-state index is 4.27. The fraction of sp³-hybridized carbons (Fsp3) is 0.818. The highest BCUT2D eigenvalue weighted by Gasteiger charge is 2.15. The van der Waals surface area contributed by atoms with Gasteiger partial charge in [-0.05, 0) is 19.4 Å². The summed E-state index contributed by atoms with van der Waals surface area (Å²) in [5, 5.41) is 14.3. The minimum Gasteiger partial charge on any atom is -0.308 e. The molecule has 1 N–H and O–H groups in total. The second kappa shape index (κ2) is 6.18. The summed E-state index contributed by atoms with van der Waals surface area (Å²) in [7, 11) is 0. The van der Waals surface area contributed by atoms with Gasteiger partial charge in [0.15, 0.2) is 0 Å². The largest absolute Gasteiger partial charge is 0.308 e. The first-order valence-corrected chi connectivity index (χ1v) is 6.57. The van der Waals surface area contributed by atoms with E-state index in [9.17, 15) is 0 Å². The zero-order valence-corrected chi connectivity index (χ0v) is 10.9. The summed E-state index contributed by atoms with van der Waals surface area (Å²) >= 11 is 1.74. The molecule has 0 saturated heterocycles. The number of rotatable bonds is 6. The second-order valence-corrected chi connectivity index (χ2v) is 5.09. The lowest BCUT2D eigenvalue weighted by molar-refractivity contribution is 0.512. The standard InChI is InChI=1S/C11H21N3S/c1-5-7-12-9(6-2)11-14-13-10(15-11)8(3)4/h8-9,12H,5-7H2,1-4H3. The summed E-state index contributed by atoms with van der Waals surface area (Å²) in [6, 6.07) is 0.384. The van der Waals surface area contributed by atoms with Gasteiger partial charge in [-0.1, -0.05) is 39.0 Å². The molecule has 0 aromatic carbocycles. The molecular formula is C11H21N3S. The molecule has 1 heterocycles. The van der Waals surface area contributed by atoms with Crippen LogP contribution in [-0.4, -0.2) is 16.7 Å². The molecule has 15 heavy (non-hydrogen) atoms. The van der Waals surface area contributed by atoms with Gasteiger partial charge in [0.05, 0.1) is 6.04 Å². The van der Waals surface area contributed by atoms with E-state index in [1.165, 1.54) is 0 Å². The molecule has 0 aliphatic rings. The number of nitrogens with zero attached hydrogens (tertiary/aromatic N) is 2. The van der Waals surface area contributed by atoms with E-state index >= 15 is 0 Å². The molecule has 1 rings (SSSR count). The van der Waals surface area contributed by atoms with Crippen LogP contribution in [0.4, 0.5) is 0 Å². The van der Waals surface area contributed by atoms with E-state index in [-0.39, 0.29) is 0 Å². The van der Waals surface area contributed by atoms with Crippen LogP contribution >= 0.6 is 11.3 Å². The first-order chi connectivity index (χ1) is 7.19. The predicted octanol–water partition coefficient (Wildman–Crippen LogP) is 3.11. The Kier molecular flexibility index (Phi) is 5.19. The highest BCUT2D eigenvalue weighted by molar-refractivity contribution is 7.11. The van der Waals surface area contributed by atoms with Crippen molar-refractivity contribution >= 4 is 11.3 Å². The van der Waals surface area contributed by atoms with Gasteiger partial charge in [0, 0.05) is 5.92 Å². The maximum Gasteiger partial charge on any atom is 0.134 e. The van der Waals surface area contributed by atoms with Gasteiger partial charge in [-0.3, -0.25) is 0 Å². The normalized spacial score (nSPS) is 13.4. The quantitative estimate of drug-likeness (QED) is 0.811. The molecule has 0 radical (unpaired) electrons. The molecule has 1 aromatic heterocycles. The molecule has 0 bridgehead atoms. The Morgan fingerprint density at radius 3 is 2.33 bits per heavy atom. The molecule has 0 aliphatic carbocycles. The van der Waals surface area contributed by atoms with Crippen molar-refractivity contribution in [3.63, 3.8) is 0 Å². The molecule has 3 nitrogen and oxygen atoms in total.